The van der Waals surface area contributed by atoms with E-state index in [1.807, 2.05) is 29.2 Å². The van der Waals surface area contributed by atoms with E-state index in [0.717, 1.165) is 30.8 Å². The molecule has 1 aromatic carbocycles. The molecule has 2 heterocycles. The van der Waals surface area contributed by atoms with Crippen LogP contribution >= 0.6 is 0 Å². The predicted molar refractivity (Wildman–Crippen MR) is 94.1 cm³/mol. The van der Waals surface area contributed by atoms with Crippen LogP contribution in [0.25, 0.3) is 0 Å². The summed E-state index contributed by atoms with van der Waals surface area (Å²) >= 11 is 0. The molecule has 0 unspecified atom stereocenters. The van der Waals surface area contributed by atoms with Gasteiger partial charge in [0.25, 0.3) is 0 Å². The Hall–Kier alpha value is -2.14. The number of aromatic amines is 1. The summed E-state index contributed by atoms with van der Waals surface area (Å²) in [6.07, 6.45) is 5.73. The third-order valence-electron chi connectivity index (χ3n) is 4.71. The minimum atomic E-state index is 0.229. The number of aromatic nitrogens is 2. The van der Waals surface area contributed by atoms with Crippen LogP contribution in [0.1, 0.15) is 36.9 Å². The number of piperidine rings is 1. The highest BCUT2D eigenvalue weighted by atomic mass is 16.2. The minimum absolute atomic E-state index is 0.229. The number of carbonyl (C=O) groups excluding carboxylic acids is 1. The van der Waals surface area contributed by atoms with Gasteiger partial charge < -0.3 is 10.2 Å². The molecule has 1 aliphatic rings. The molecule has 128 valence electrons. The van der Waals surface area contributed by atoms with Crippen molar-refractivity contribution in [2.45, 2.75) is 38.8 Å². The fourth-order valence-corrected chi connectivity index (χ4v) is 3.27. The number of amides is 1. The molecule has 1 fully saturated rings. The Bertz CT molecular complexity index is 606. The first-order valence-corrected chi connectivity index (χ1v) is 8.82. The summed E-state index contributed by atoms with van der Waals surface area (Å²) in [5.41, 5.74) is 2.13. The summed E-state index contributed by atoms with van der Waals surface area (Å²) in [5, 5.41) is 10.3. The summed E-state index contributed by atoms with van der Waals surface area (Å²) < 4.78 is 0. The highest BCUT2D eigenvalue weighted by Gasteiger charge is 2.19. The van der Waals surface area contributed by atoms with Crippen LogP contribution in [-0.4, -0.2) is 34.1 Å². The summed E-state index contributed by atoms with van der Waals surface area (Å²) in [5.74, 6) is 0.910. The SMILES string of the molecule is O=C(CCC1CCNCC1)N(Cc1ccccc1)Cc1ccn[nH]1. The molecule has 1 amide bonds. The van der Waals surface area contributed by atoms with Gasteiger partial charge in [-0.15, -0.1) is 0 Å². The van der Waals surface area contributed by atoms with E-state index < -0.39 is 0 Å². The van der Waals surface area contributed by atoms with Gasteiger partial charge >= 0.3 is 0 Å². The smallest absolute Gasteiger partial charge is 0.223 e. The van der Waals surface area contributed by atoms with E-state index in [2.05, 4.69) is 27.6 Å². The summed E-state index contributed by atoms with van der Waals surface area (Å²) in [7, 11) is 0. The van der Waals surface area contributed by atoms with Crippen LogP contribution in [-0.2, 0) is 17.9 Å². The Kier molecular flexibility index (Phi) is 6.01. The van der Waals surface area contributed by atoms with E-state index in [4.69, 9.17) is 0 Å². The van der Waals surface area contributed by atoms with E-state index in [0.29, 0.717) is 25.4 Å². The molecule has 5 heteroatoms. The molecule has 1 aromatic heterocycles. The van der Waals surface area contributed by atoms with Gasteiger partial charge in [-0.05, 0) is 49.9 Å². The lowest BCUT2D eigenvalue weighted by Crippen LogP contribution is -2.32. The van der Waals surface area contributed by atoms with Crippen molar-refractivity contribution in [3.63, 3.8) is 0 Å². The van der Waals surface area contributed by atoms with E-state index >= 15 is 0 Å². The van der Waals surface area contributed by atoms with Gasteiger partial charge in [-0.1, -0.05) is 30.3 Å². The highest BCUT2D eigenvalue weighted by Crippen LogP contribution is 2.19. The van der Waals surface area contributed by atoms with Gasteiger partial charge in [0.2, 0.25) is 5.91 Å². The maximum absolute atomic E-state index is 12.8. The van der Waals surface area contributed by atoms with Crippen LogP contribution in [0.4, 0.5) is 0 Å². The average Bonchev–Trinajstić information content (AvgIpc) is 3.14. The zero-order valence-electron chi connectivity index (χ0n) is 14.1. The number of rotatable bonds is 7. The molecule has 5 nitrogen and oxygen atoms in total. The normalized spacial score (nSPS) is 15.3. The second kappa shape index (κ2) is 8.64. The number of hydrogen-bond acceptors (Lipinski definition) is 3. The first-order valence-electron chi connectivity index (χ1n) is 8.82. The van der Waals surface area contributed by atoms with Gasteiger partial charge in [0.1, 0.15) is 0 Å². The van der Waals surface area contributed by atoms with Crippen LogP contribution in [0.3, 0.4) is 0 Å². The molecule has 2 aromatic rings. The Morgan fingerprint density at radius 1 is 1.12 bits per heavy atom. The topological polar surface area (TPSA) is 61.0 Å². The molecular weight excluding hydrogens is 300 g/mol. The molecule has 1 aliphatic heterocycles. The maximum Gasteiger partial charge on any atom is 0.223 e. The monoisotopic (exact) mass is 326 g/mol. The van der Waals surface area contributed by atoms with Gasteiger partial charge in [-0.25, -0.2) is 0 Å². The second-order valence-corrected chi connectivity index (χ2v) is 6.55. The quantitative estimate of drug-likeness (QED) is 0.822. The van der Waals surface area contributed by atoms with E-state index in [1.54, 1.807) is 6.20 Å². The standard InChI is InChI=1S/C19H26N4O/c24-19(7-6-16-8-11-20-12-9-16)23(15-18-10-13-21-22-18)14-17-4-2-1-3-5-17/h1-5,10,13,16,20H,6-9,11-12,14-15H2,(H,21,22). The van der Waals surface area contributed by atoms with Gasteiger partial charge in [0.15, 0.2) is 0 Å². The van der Waals surface area contributed by atoms with Crippen LogP contribution < -0.4 is 5.32 Å². The first kappa shape index (κ1) is 16.7. The molecule has 24 heavy (non-hydrogen) atoms. The Labute approximate surface area is 143 Å². The Balaban J connectivity index is 1.60. The summed E-state index contributed by atoms with van der Waals surface area (Å²) in [6.45, 7) is 3.40. The molecule has 0 spiro atoms. The van der Waals surface area contributed by atoms with Crippen molar-refractivity contribution in [1.29, 1.82) is 0 Å². The first-order chi connectivity index (χ1) is 11.8. The summed E-state index contributed by atoms with van der Waals surface area (Å²) in [4.78, 5) is 14.7. The molecular formula is C19H26N4O. The third-order valence-corrected chi connectivity index (χ3v) is 4.71. The van der Waals surface area contributed by atoms with E-state index in [1.165, 1.54) is 12.8 Å². The lowest BCUT2D eigenvalue weighted by molar-refractivity contribution is -0.132. The zero-order valence-corrected chi connectivity index (χ0v) is 14.1. The Morgan fingerprint density at radius 3 is 2.62 bits per heavy atom. The van der Waals surface area contributed by atoms with Crippen LogP contribution in [0.5, 0.6) is 0 Å². The summed E-state index contributed by atoms with van der Waals surface area (Å²) in [6, 6.07) is 12.1. The Morgan fingerprint density at radius 2 is 1.92 bits per heavy atom. The molecule has 0 aliphatic carbocycles. The van der Waals surface area contributed by atoms with E-state index in [-0.39, 0.29) is 5.91 Å². The van der Waals surface area contributed by atoms with Crippen molar-refractivity contribution < 1.29 is 4.79 Å². The third kappa shape index (κ3) is 4.93. The largest absolute Gasteiger partial charge is 0.332 e. The van der Waals surface area contributed by atoms with Gasteiger partial charge in [-0.3, -0.25) is 9.89 Å². The highest BCUT2D eigenvalue weighted by molar-refractivity contribution is 5.76. The number of nitrogens with one attached hydrogen (secondary N) is 2. The molecule has 0 bridgehead atoms. The molecule has 2 N–H and O–H groups in total. The molecule has 1 saturated heterocycles. The van der Waals surface area contributed by atoms with Crippen molar-refractivity contribution in [2.24, 2.45) is 5.92 Å². The van der Waals surface area contributed by atoms with Crippen molar-refractivity contribution in [2.75, 3.05) is 13.1 Å². The van der Waals surface area contributed by atoms with Crippen molar-refractivity contribution in [1.82, 2.24) is 20.4 Å². The predicted octanol–water partition coefficient (Wildman–Crippen LogP) is 2.72. The lowest BCUT2D eigenvalue weighted by Gasteiger charge is -2.25. The molecule has 0 saturated carbocycles. The second-order valence-electron chi connectivity index (χ2n) is 6.55. The van der Waals surface area contributed by atoms with Gasteiger partial charge in [0, 0.05) is 19.2 Å². The maximum atomic E-state index is 12.8. The van der Waals surface area contributed by atoms with Crippen LogP contribution in [0, 0.1) is 5.92 Å². The van der Waals surface area contributed by atoms with Gasteiger partial charge in [-0.2, -0.15) is 5.10 Å². The number of hydrogen-bond donors (Lipinski definition) is 2. The number of carbonyl (C=O) groups is 1. The van der Waals surface area contributed by atoms with Crippen molar-refractivity contribution in [3.8, 4) is 0 Å². The molecule has 0 radical (unpaired) electrons. The molecule has 0 atom stereocenters. The minimum Gasteiger partial charge on any atom is -0.332 e. The van der Waals surface area contributed by atoms with E-state index in [9.17, 15) is 4.79 Å². The lowest BCUT2D eigenvalue weighted by atomic mass is 9.93. The van der Waals surface area contributed by atoms with Crippen molar-refractivity contribution >= 4 is 5.91 Å². The fourth-order valence-electron chi connectivity index (χ4n) is 3.27. The molecule has 3 rings (SSSR count). The number of H-pyrrole nitrogens is 1. The number of nitrogens with zero attached hydrogens (tertiary/aromatic N) is 2. The van der Waals surface area contributed by atoms with Crippen LogP contribution in [0.15, 0.2) is 42.6 Å². The van der Waals surface area contributed by atoms with Crippen molar-refractivity contribution in [3.05, 3.63) is 53.9 Å². The van der Waals surface area contributed by atoms with Crippen LogP contribution in [0.2, 0.25) is 0 Å². The zero-order chi connectivity index (χ0) is 16.6. The number of benzene rings is 1. The average molecular weight is 326 g/mol. The fraction of sp³-hybridized carbons (Fsp3) is 0.474. The van der Waals surface area contributed by atoms with Gasteiger partial charge in [0.05, 0.1) is 12.2 Å².